The molecule has 1 aromatic heterocycles. The summed E-state index contributed by atoms with van der Waals surface area (Å²) in [6, 6.07) is 19.6. The maximum Gasteiger partial charge on any atom is 0.322 e. The number of carbonyl (C=O) groups excluding carboxylic acids is 2. The van der Waals surface area contributed by atoms with Crippen LogP contribution in [0.15, 0.2) is 66.0 Å². The normalized spacial score (nSPS) is 10.7. The van der Waals surface area contributed by atoms with Gasteiger partial charge in [0, 0.05) is 36.9 Å². The van der Waals surface area contributed by atoms with Crippen molar-refractivity contribution < 1.29 is 14.3 Å². The molecule has 0 saturated carbocycles. The molecule has 0 spiro atoms. The largest absolute Gasteiger partial charge is 0.382 e. The maximum absolute atomic E-state index is 13.5. The molecule has 0 bridgehead atoms. The highest BCUT2D eigenvalue weighted by molar-refractivity contribution is 7.09. The monoisotopic (exact) mass is 493 g/mol. The lowest BCUT2D eigenvalue weighted by molar-refractivity contribution is -0.133. The highest BCUT2D eigenvalue weighted by atomic mass is 32.1. The van der Waals surface area contributed by atoms with E-state index in [1.807, 2.05) is 91.7 Å². The Morgan fingerprint density at radius 1 is 0.914 bits per heavy atom. The van der Waals surface area contributed by atoms with Crippen LogP contribution in [0.1, 0.15) is 34.9 Å². The molecule has 35 heavy (non-hydrogen) atoms. The Bertz CT molecular complexity index is 1050. The minimum absolute atomic E-state index is 0.00109. The molecule has 2 aromatic carbocycles. The lowest BCUT2D eigenvalue weighted by atomic mass is 10.1. The van der Waals surface area contributed by atoms with Crippen LogP contribution in [-0.4, -0.2) is 48.0 Å². The van der Waals surface area contributed by atoms with Crippen molar-refractivity contribution in [3.8, 4) is 0 Å². The van der Waals surface area contributed by atoms with Gasteiger partial charge in [-0.3, -0.25) is 4.79 Å². The van der Waals surface area contributed by atoms with Crippen molar-refractivity contribution in [2.24, 2.45) is 0 Å². The predicted molar refractivity (Wildman–Crippen MR) is 143 cm³/mol. The summed E-state index contributed by atoms with van der Waals surface area (Å²) in [5.41, 5.74) is 3.82. The molecule has 6 nitrogen and oxygen atoms in total. The van der Waals surface area contributed by atoms with Crippen LogP contribution in [0.3, 0.4) is 0 Å². The van der Waals surface area contributed by atoms with Crippen molar-refractivity contribution in [3.63, 3.8) is 0 Å². The van der Waals surface area contributed by atoms with Crippen LogP contribution in [-0.2, 0) is 22.6 Å². The van der Waals surface area contributed by atoms with Gasteiger partial charge in [0.25, 0.3) is 0 Å². The number of nitrogens with one attached hydrogen (secondary N) is 1. The minimum atomic E-state index is -0.275. The fourth-order valence-electron chi connectivity index (χ4n) is 3.84. The molecule has 0 atom stereocenters. The van der Waals surface area contributed by atoms with E-state index in [0.717, 1.165) is 27.3 Å². The van der Waals surface area contributed by atoms with Crippen molar-refractivity contribution in [1.82, 2.24) is 9.80 Å². The number of ether oxygens (including phenoxy) is 1. The average molecular weight is 494 g/mol. The number of anilines is 1. The molecule has 1 N–H and O–H groups in total. The first-order chi connectivity index (χ1) is 17.0. The van der Waals surface area contributed by atoms with Gasteiger partial charge in [-0.25, -0.2) is 4.79 Å². The summed E-state index contributed by atoms with van der Waals surface area (Å²) in [5, 5.41) is 5.05. The Kier molecular flexibility index (Phi) is 10.3. The second-order valence-electron chi connectivity index (χ2n) is 8.48. The molecule has 0 saturated heterocycles. The van der Waals surface area contributed by atoms with Gasteiger partial charge in [0.05, 0.1) is 6.54 Å². The van der Waals surface area contributed by atoms with Crippen molar-refractivity contribution in [3.05, 3.63) is 87.6 Å². The number of carbonyl (C=O) groups is 2. The number of rotatable bonds is 12. The zero-order valence-electron chi connectivity index (χ0n) is 20.8. The lowest BCUT2D eigenvalue weighted by Gasteiger charge is -2.28. The molecule has 7 heteroatoms. The van der Waals surface area contributed by atoms with E-state index in [1.54, 1.807) is 16.2 Å². The molecule has 1 heterocycles. The summed E-state index contributed by atoms with van der Waals surface area (Å²) in [6.07, 6.45) is 0.658. The summed E-state index contributed by atoms with van der Waals surface area (Å²) in [4.78, 5) is 31.4. The summed E-state index contributed by atoms with van der Waals surface area (Å²) < 4.78 is 5.47. The first kappa shape index (κ1) is 26.4. The molecule has 0 aliphatic heterocycles. The Labute approximate surface area is 212 Å². The summed E-state index contributed by atoms with van der Waals surface area (Å²) in [6.45, 7) is 8.48. The molecule has 3 rings (SSSR count). The molecular weight excluding hydrogens is 458 g/mol. The van der Waals surface area contributed by atoms with E-state index >= 15 is 0 Å². The van der Waals surface area contributed by atoms with Gasteiger partial charge in [-0.2, -0.15) is 0 Å². The highest BCUT2D eigenvalue weighted by Crippen LogP contribution is 2.20. The van der Waals surface area contributed by atoms with Crippen molar-refractivity contribution in [2.45, 2.75) is 40.3 Å². The van der Waals surface area contributed by atoms with Crippen LogP contribution in [0.2, 0.25) is 0 Å². The molecule has 0 radical (unpaired) electrons. The second-order valence-corrected chi connectivity index (χ2v) is 9.52. The summed E-state index contributed by atoms with van der Waals surface area (Å²) >= 11 is 1.63. The predicted octanol–water partition coefficient (Wildman–Crippen LogP) is 5.85. The quantitative estimate of drug-likeness (QED) is 0.322. The lowest BCUT2D eigenvalue weighted by Crippen LogP contribution is -2.44. The van der Waals surface area contributed by atoms with Crippen LogP contribution in [0.4, 0.5) is 10.5 Å². The first-order valence-electron chi connectivity index (χ1n) is 12.0. The van der Waals surface area contributed by atoms with E-state index in [-0.39, 0.29) is 18.5 Å². The molecule has 3 amide bonds. The van der Waals surface area contributed by atoms with E-state index in [9.17, 15) is 9.59 Å². The Morgan fingerprint density at radius 3 is 2.31 bits per heavy atom. The number of hydrogen-bond donors (Lipinski definition) is 1. The smallest absolute Gasteiger partial charge is 0.322 e. The molecule has 0 aliphatic carbocycles. The van der Waals surface area contributed by atoms with Crippen molar-refractivity contribution in [2.75, 3.05) is 31.6 Å². The molecule has 186 valence electrons. The zero-order valence-corrected chi connectivity index (χ0v) is 21.6. The number of para-hydroxylation sites is 1. The van der Waals surface area contributed by atoms with Crippen LogP contribution in [0.25, 0.3) is 0 Å². The molecule has 0 fully saturated rings. The first-order valence-corrected chi connectivity index (χ1v) is 12.9. The standard InChI is InChI=1S/C28H35N3O3S/c1-4-34-17-10-16-30(28(33)29-27-22(2)11-8-12-23(27)3)21-26(32)31(20-25-15-9-18-35-25)19-24-13-6-5-7-14-24/h5-9,11-15,18H,4,10,16-17,19-21H2,1-3H3,(H,29,33). The van der Waals surface area contributed by atoms with Crippen LogP contribution < -0.4 is 5.32 Å². The zero-order chi connectivity index (χ0) is 25.0. The molecule has 0 aliphatic rings. The minimum Gasteiger partial charge on any atom is -0.382 e. The summed E-state index contributed by atoms with van der Waals surface area (Å²) in [7, 11) is 0. The van der Waals surface area contributed by atoms with E-state index in [0.29, 0.717) is 39.3 Å². The van der Waals surface area contributed by atoms with Gasteiger partial charge >= 0.3 is 6.03 Å². The number of thiophene rings is 1. The Morgan fingerprint density at radius 2 is 1.66 bits per heavy atom. The number of nitrogens with zero attached hydrogens (tertiary/aromatic N) is 2. The maximum atomic E-state index is 13.5. The van der Waals surface area contributed by atoms with Gasteiger partial charge in [0.1, 0.15) is 6.54 Å². The van der Waals surface area contributed by atoms with E-state index < -0.39 is 0 Å². The number of hydrogen-bond acceptors (Lipinski definition) is 4. The van der Waals surface area contributed by atoms with Crippen LogP contribution in [0, 0.1) is 13.8 Å². The third kappa shape index (κ3) is 8.23. The van der Waals surface area contributed by atoms with E-state index in [2.05, 4.69) is 5.32 Å². The SMILES string of the molecule is CCOCCCN(CC(=O)N(Cc1ccccc1)Cc1cccs1)C(=O)Nc1c(C)cccc1C. The Hall–Kier alpha value is -3.16. The van der Waals surface area contributed by atoms with Gasteiger partial charge in [-0.15, -0.1) is 11.3 Å². The molecular formula is C28H35N3O3S. The molecule has 0 unspecified atom stereocenters. The number of urea groups is 1. The Balaban J connectivity index is 1.76. The topological polar surface area (TPSA) is 61.9 Å². The number of amides is 3. The van der Waals surface area contributed by atoms with E-state index in [1.165, 1.54) is 0 Å². The fraction of sp³-hybridized carbons (Fsp3) is 0.357. The van der Waals surface area contributed by atoms with Crippen LogP contribution >= 0.6 is 11.3 Å². The summed E-state index contributed by atoms with van der Waals surface area (Å²) in [5.74, 6) is -0.0877. The third-order valence-electron chi connectivity index (χ3n) is 5.74. The second kappa shape index (κ2) is 13.7. The van der Waals surface area contributed by atoms with E-state index in [4.69, 9.17) is 4.74 Å². The third-order valence-corrected chi connectivity index (χ3v) is 6.60. The number of benzene rings is 2. The van der Waals surface area contributed by atoms with Crippen LogP contribution in [0.5, 0.6) is 0 Å². The van der Waals surface area contributed by atoms with Gasteiger partial charge in [-0.05, 0) is 55.3 Å². The van der Waals surface area contributed by atoms with Crippen molar-refractivity contribution >= 4 is 29.0 Å². The van der Waals surface area contributed by atoms with Gasteiger partial charge in [0.15, 0.2) is 0 Å². The van der Waals surface area contributed by atoms with Gasteiger partial charge in [0.2, 0.25) is 5.91 Å². The fourth-order valence-corrected chi connectivity index (χ4v) is 4.56. The molecule has 3 aromatic rings. The highest BCUT2D eigenvalue weighted by Gasteiger charge is 2.23. The van der Waals surface area contributed by atoms with Gasteiger partial charge < -0.3 is 19.9 Å². The average Bonchev–Trinajstić information content (AvgIpc) is 3.36. The van der Waals surface area contributed by atoms with Gasteiger partial charge in [-0.1, -0.05) is 54.6 Å². The number of aryl methyl sites for hydroxylation is 2. The van der Waals surface area contributed by atoms with Crippen molar-refractivity contribution in [1.29, 1.82) is 0 Å².